The van der Waals surface area contributed by atoms with Crippen LogP contribution in [0.2, 0.25) is 5.02 Å². The summed E-state index contributed by atoms with van der Waals surface area (Å²) in [5.74, 6) is 1.33. The molecule has 1 fully saturated rings. The first-order valence-electron chi connectivity index (χ1n) is 11.2. The maximum atomic E-state index is 6.02. The predicted octanol–water partition coefficient (Wildman–Crippen LogP) is 4.64. The third kappa shape index (κ3) is 5.53. The Bertz CT molecular complexity index is 1210. The Kier molecular flexibility index (Phi) is 6.99. The van der Waals surface area contributed by atoms with Crippen LogP contribution in [0.4, 0.5) is 11.6 Å². The van der Waals surface area contributed by atoms with Gasteiger partial charge in [0.25, 0.3) is 0 Å². The van der Waals surface area contributed by atoms with E-state index >= 15 is 0 Å². The Morgan fingerprint density at radius 2 is 1.82 bits per heavy atom. The fourth-order valence-electron chi connectivity index (χ4n) is 3.76. The number of hydrogen-bond donors (Lipinski definition) is 2. The lowest BCUT2D eigenvalue weighted by Crippen LogP contribution is -2.38. The van der Waals surface area contributed by atoms with E-state index in [9.17, 15) is 0 Å². The van der Waals surface area contributed by atoms with Crippen molar-refractivity contribution in [3.63, 3.8) is 0 Å². The summed E-state index contributed by atoms with van der Waals surface area (Å²) in [6.45, 7) is 5.07. The van der Waals surface area contributed by atoms with Gasteiger partial charge >= 0.3 is 0 Å². The molecule has 0 spiro atoms. The van der Waals surface area contributed by atoms with Crippen LogP contribution in [0.5, 0.6) is 5.75 Å². The second-order valence-corrected chi connectivity index (χ2v) is 8.31. The smallest absolute Gasteiger partial charge is 0.227 e. The van der Waals surface area contributed by atoms with Crippen LogP contribution >= 0.6 is 11.6 Å². The summed E-state index contributed by atoms with van der Waals surface area (Å²) in [7, 11) is 0. The van der Waals surface area contributed by atoms with E-state index in [4.69, 9.17) is 21.1 Å². The molecule has 0 saturated carbocycles. The highest BCUT2D eigenvalue weighted by Gasteiger charge is 2.13. The van der Waals surface area contributed by atoms with Gasteiger partial charge in [0.15, 0.2) is 0 Å². The molecule has 0 amide bonds. The normalized spacial score (nSPS) is 14.1. The van der Waals surface area contributed by atoms with Crippen molar-refractivity contribution in [3.05, 3.63) is 72.0 Å². The van der Waals surface area contributed by atoms with Crippen LogP contribution in [0.15, 0.2) is 67.0 Å². The van der Waals surface area contributed by atoms with E-state index in [1.807, 2.05) is 60.8 Å². The Hall–Kier alpha value is -3.46. The van der Waals surface area contributed by atoms with Crippen molar-refractivity contribution in [1.82, 2.24) is 25.1 Å². The second-order valence-electron chi connectivity index (χ2n) is 7.87. The third-order valence-electron chi connectivity index (χ3n) is 5.58. The standard InChI is InChI=1S/C25H25ClN6O2/c26-19-3-1-18(2-4-19)24-22(17-28-31-24)23-9-10-27-25(30-23)29-20-5-7-21(8-6-20)34-16-13-32-11-14-33-15-12-32/h1-10,17H,11-16H2,(H,28,31)(H,27,29,30). The average Bonchev–Trinajstić information content (AvgIpc) is 3.37. The summed E-state index contributed by atoms with van der Waals surface area (Å²) in [6, 6.07) is 17.2. The maximum absolute atomic E-state index is 6.02. The van der Waals surface area contributed by atoms with Crippen LogP contribution in [0.25, 0.3) is 22.5 Å². The molecule has 0 unspecified atom stereocenters. The van der Waals surface area contributed by atoms with Crippen molar-refractivity contribution < 1.29 is 9.47 Å². The van der Waals surface area contributed by atoms with Crippen LogP contribution in [0, 0.1) is 0 Å². The molecule has 2 aromatic carbocycles. The van der Waals surface area contributed by atoms with Gasteiger partial charge in [0.2, 0.25) is 5.95 Å². The van der Waals surface area contributed by atoms with E-state index < -0.39 is 0 Å². The van der Waals surface area contributed by atoms with Crippen molar-refractivity contribution in [2.45, 2.75) is 0 Å². The summed E-state index contributed by atoms with van der Waals surface area (Å²) >= 11 is 6.02. The van der Waals surface area contributed by atoms with Crippen LogP contribution in [0.1, 0.15) is 0 Å². The summed E-state index contributed by atoms with van der Waals surface area (Å²) < 4.78 is 11.3. The van der Waals surface area contributed by atoms with Crippen molar-refractivity contribution in [1.29, 1.82) is 0 Å². The number of nitrogens with zero attached hydrogens (tertiary/aromatic N) is 4. The third-order valence-corrected chi connectivity index (χ3v) is 5.83. The molecule has 4 aromatic rings. The van der Waals surface area contributed by atoms with Crippen LogP contribution < -0.4 is 10.1 Å². The maximum Gasteiger partial charge on any atom is 0.227 e. The summed E-state index contributed by atoms with van der Waals surface area (Å²) in [5, 5.41) is 11.3. The molecule has 1 aliphatic rings. The number of morpholine rings is 1. The molecule has 1 saturated heterocycles. The highest BCUT2D eigenvalue weighted by atomic mass is 35.5. The fourth-order valence-corrected chi connectivity index (χ4v) is 3.89. The first-order chi connectivity index (χ1) is 16.7. The van der Waals surface area contributed by atoms with E-state index in [-0.39, 0.29) is 0 Å². The van der Waals surface area contributed by atoms with Crippen LogP contribution in [0.3, 0.4) is 0 Å². The number of aromatic amines is 1. The highest BCUT2D eigenvalue weighted by Crippen LogP contribution is 2.30. The van der Waals surface area contributed by atoms with Gasteiger partial charge in [-0.25, -0.2) is 9.97 Å². The molecule has 0 radical (unpaired) electrons. The van der Waals surface area contributed by atoms with E-state index in [0.717, 1.165) is 66.8 Å². The molecular formula is C25H25ClN6O2. The lowest BCUT2D eigenvalue weighted by Gasteiger charge is -2.26. The minimum absolute atomic E-state index is 0.502. The number of nitrogens with one attached hydrogen (secondary N) is 2. The van der Waals surface area contributed by atoms with Gasteiger partial charge in [-0.05, 0) is 42.5 Å². The van der Waals surface area contributed by atoms with E-state index in [1.165, 1.54) is 0 Å². The van der Waals surface area contributed by atoms with Crippen LogP contribution in [-0.2, 0) is 4.74 Å². The van der Waals surface area contributed by atoms with Gasteiger partial charge in [-0.15, -0.1) is 0 Å². The molecule has 34 heavy (non-hydrogen) atoms. The molecule has 8 nitrogen and oxygen atoms in total. The number of anilines is 2. The molecule has 5 rings (SSSR count). The van der Waals surface area contributed by atoms with E-state index in [2.05, 4.69) is 30.4 Å². The van der Waals surface area contributed by atoms with Gasteiger partial charge in [-0.1, -0.05) is 23.7 Å². The molecular weight excluding hydrogens is 452 g/mol. The highest BCUT2D eigenvalue weighted by molar-refractivity contribution is 6.30. The van der Waals surface area contributed by atoms with Crippen molar-refractivity contribution in [3.8, 4) is 28.3 Å². The monoisotopic (exact) mass is 476 g/mol. The van der Waals surface area contributed by atoms with Crippen molar-refractivity contribution in [2.75, 3.05) is 44.8 Å². The Morgan fingerprint density at radius 1 is 1.03 bits per heavy atom. The number of H-pyrrole nitrogens is 1. The zero-order valence-electron chi connectivity index (χ0n) is 18.6. The second kappa shape index (κ2) is 10.6. The number of rotatable bonds is 8. The van der Waals surface area contributed by atoms with Crippen molar-refractivity contribution in [2.24, 2.45) is 0 Å². The SMILES string of the molecule is Clc1ccc(-c2n[nH]cc2-c2ccnc(Nc3ccc(OCCN4CCOCC4)cc3)n2)cc1. The van der Waals surface area contributed by atoms with E-state index in [1.54, 1.807) is 6.20 Å². The molecule has 3 heterocycles. The molecule has 0 aliphatic carbocycles. The number of ether oxygens (including phenoxy) is 2. The van der Waals surface area contributed by atoms with Gasteiger partial charge in [-0.3, -0.25) is 10.00 Å². The number of aromatic nitrogens is 4. The number of hydrogen-bond acceptors (Lipinski definition) is 7. The first kappa shape index (κ1) is 22.3. The minimum atomic E-state index is 0.502. The van der Waals surface area contributed by atoms with Gasteiger partial charge in [0, 0.05) is 53.9 Å². The minimum Gasteiger partial charge on any atom is -0.492 e. The lowest BCUT2D eigenvalue weighted by molar-refractivity contribution is 0.0322. The first-order valence-corrected chi connectivity index (χ1v) is 11.6. The fraction of sp³-hybridized carbons (Fsp3) is 0.240. The van der Waals surface area contributed by atoms with Gasteiger partial charge in [-0.2, -0.15) is 5.10 Å². The number of halogens is 1. The number of benzene rings is 2. The topological polar surface area (TPSA) is 88.2 Å². The Labute approximate surface area is 202 Å². The van der Waals surface area contributed by atoms with Gasteiger partial charge < -0.3 is 14.8 Å². The quantitative estimate of drug-likeness (QED) is 0.383. The average molecular weight is 477 g/mol. The van der Waals surface area contributed by atoms with Gasteiger partial charge in [0.1, 0.15) is 18.1 Å². The van der Waals surface area contributed by atoms with Gasteiger partial charge in [0.05, 0.1) is 18.9 Å². The summed E-state index contributed by atoms with van der Waals surface area (Å²) in [6.07, 6.45) is 3.56. The van der Waals surface area contributed by atoms with Crippen molar-refractivity contribution >= 4 is 23.2 Å². The van der Waals surface area contributed by atoms with Crippen LogP contribution in [-0.4, -0.2) is 64.5 Å². The largest absolute Gasteiger partial charge is 0.492 e. The summed E-state index contributed by atoms with van der Waals surface area (Å²) in [5.41, 5.74) is 4.29. The molecule has 1 aliphatic heterocycles. The molecule has 0 bridgehead atoms. The zero-order valence-corrected chi connectivity index (χ0v) is 19.3. The zero-order chi connectivity index (χ0) is 23.2. The Balaban J connectivity index is 1.22. The molecule has 9 heteroatoms. The lowest BCUT2D eigenvalue weighted by atomic mass is 10.1. The summed E-state index contributed by atoms with van der Waals surface area (Å²) in [4.78, 5) is 11.4. The Morgan fingerprint density at radius 3 is 2.62 bits per heavy atom. The molecule has 2 aromatic heterocycles. The molecule has 2 N–H and O–H groups in total. The predicted molar refractivity (Wildman–Crippen MR) is 133 cm³/mol. The molecule has 174 valence electrons. The van der Waals surface area contributed by atoms with E-state index in [0.29, 0.717) is 17.6 Å². The molecule has 0 atom stereocenters.